The van der Waals surface area contributed by atoms with Crippen molar-refractivity contribution in [3.8, 4) is 5.88 Å². The standard InChI is InChI=1S/C7H7ClN2O3/c8-4-1-5(3-11)10-6(2-4)13-7(9)12/h1-2,11H,3H2,(H2,9,12). The molecule has 1 rings (SSSR count). The van der Waals surface area contributed by atoms with E-state index in [4.69, 9.17) is 22.4 Å². The molecule has 0 spiro atoms. The van der Waals surface area contributed by atoms with Crippen LogP contribution in [0.4, 0.5) is 4.79 Å². The van der Waals surface area contributed by atoms with Gasteiger partial charge < -0.3 is 15.6 Å². The predicted octanol–water partition coefficient (Wildman–Crippen LogP) is 0.685. The zero-order valence-corrected chi connectivity index (χ0v) is 7.28. The fraction of sp³-hybridized carbons (Fsp3) is 0.143. The average Bonchev–Trinajstić information content (AvgIpc) is 2.01. The van der Waals surface area contributed by atoms with E-state index in [-0.39, 0.29) is 12.5 Å². The minimum atomic E-state index is -0.973. The number of pyridine rings is 1. The van der Waals surface area contributed by atoms with Gasteiger partial charge in [-0.1, -0.05) is 11.6 Å². The van der Waals surface area contributed by atoms with Crippen LogP contribution in [0.5, 0.6) is 5.88 Å². The second-order valence-corrected chi connectivity index (χ2v) is 2.63. The van der Waals surface area contributed by atoms with Crippen molar-refractivity contribution in [1.82, 2.24) is 4.98 Å². The number of carbonyl (C=O) groups is 1. The quantitative estimate of drug-likeness (QED) is 0.739. The van der Waals surface area contributed by atoms with E-state index < -0.39 is 6.09 Å². The maximum atomic E-state index is 10.3. The van der Waals surface area contributed by atoms with Crippen LogP contribution >= 0.6 is 11.6 Å². The number of aromatic nitrogens is 1. The molecule has 13 heavy (non-hydrogen) atoms. The number of aliphatic hydroxyl groups is 1. The van der Waals surface area contributed by atoms with Crippen molar-refractivity contribution in [2.45, 2.75) is 6.61 Å². The maximum Gasteiger partial charge on any atom is 0.411 e. The fourth-order valence-corrected chi connectivity index (χ4v) is 0.981. The number of aliphatic hydroxyl groups excluding tert-OH is 1. The molecule has 1 amide bonds. The molecule has 0 aliphatic rings. The smallest absolute Gasteiger partial charge is 0.391 e. The number of nitrogens with two attached hydrogens (primary N) is 1. The van der Waals surface area contributed by atoms with E-state index in [2.05, 4.69) is 9.72 Å². The van der Waals surface area contributed by atoms with E-state index in [9.17, 15) is 4.79 Å². The molecule has 0 radical (unpaired) electrons. The summed E-state index contributed by atoms with van der Waals surface area (Å²) in [5.41, 5.74) is 5.07. The minimum absolute atomic E-state index is 0.0240. The van der Waals surface area contributed by atoms with Crippen LogP contribution in [0.2, 0.25) is 5.02 Å². The van der Waals surface area contributed by atoms with E-state index in [0.29, 0.717) is 10.7 Å². The number of amides is 1. The predicted molar refractivity (Wildman–Crippen MR) is 45.4 cm³/mol. The zero-order valence-electron chi connectivity index (χ0n) is 6.53. The van der Waals surface area contributed by atoms with Crippen LogP contribution in [0.1, 0.15) is 5.69 Å². The highest BCUT2D eigenvalue weighted by atomic mass is 35.5. The van der Waals surface area contributed by atoms with Gasteiger partial charge in [0.15, 0.2) is 0 Å². The first-order chi connectivity index (χ1) is 6.11. The van der Waals surface area contributed by atoms with E-state index in [1.54, 1.807) is 0 Å². The third kappa shape index (κ3) is 2.89. The molecule has 6 heteroatoms. The van der Waals surface area contributed by atoms with Crippen LogP contribution in [0.3, 0.4) is 0 Å². The van der Waals surface area contributed by atoms with Crippen molar-refractivity contribution >= 4 is 17.7 Å². The molecule has 0 saturated carbocycles. The van der Waals surface area contributed by atoms with Crippen LogP contribution in [-0.4, -0.2) is 16.2 Å². The Bertz CT molecular complexity index is 330. The second kappa shape index (κ2) is 4.06. The number of carbonyl (C=O) groups excluding carboxylic acids is 1. The first kappa shape index (κ1) is 9.76. The lowest BCUT2D eigenvalue weighted by Gasteiger charge is -2.02. The summed E-state index contributed by atoms with van der Waals surface area (Å²) in [5.74, 6) is -0.0240. The van der Waals surface area contributed by atoms with Crippen molar-refractivity contribution in [3.05, 3.63) is 22.8 Å². The van der Waals surface area contributed by atoms with Gasteiger partial charge in [0, 0.05) is 11.1 Å². The Morgan fingerprint density at radius 1 is 1.69 bits per heavy atom. The summed E-state index contributed by atoms with van der Waals surface area (Å²) in [7, 11) is 0. The second-order valence-electron chi connectivity index (χ2n) is 2.19. The summed E-state index contributed by atoms with van der Waals surface area (Å²) in [6, 6.07) is 2.78. The number of nitrogens with zero attached hydrogens (tertiary/aromatic N) is 1. The van der Waals surface area contributed by atoms with Gasteiger partial charge in [-0.15, -0.1) is 0 Å². The Labute approximate surface area is 79.1 Å². The molecule has 1 heterocycles. The van der Waals surface area contributed by atoms with Crippen LogP contribution < -0.4 is 10.5 Å². The topological polar surface area (TPSA) is 85.4 Å². The van der Waals surface area contributed by atoms with Gasteiger partial charge in [-0.25, -0.2) is 9.78 Å². The molecular formula is C7H7ClN2O3. The lowest BCUT2D eigenvalue weighted by molar-refractivity contribution is 0.208. The first-order valence-electron chi connectivity index (χ1n) is 3.36. The summed E-state index contributed by atoms with van der Waals surface area (Å²) in [6.45, 7) is -0.282. The molecule has 0 aliphatic carbocycles. The van der Waals surface area contributed by atoms with Gasteiger partial charge >= 0.3 is 6.09 Å². The highest BCUT2D eigenvalue weighted by Crippen LogP contribution is 2.16. The number of rotatable bonds is 2. The summed E-state index contributed by atoms with van der Waals surface area (Å²) < 4.78 is 4.47. The molecule has 0 fully saturated rings. The number of halogens is 1. The lowest BCUT2D eigenvalue weighted by Crippen LogP contribution is -2.17. The molecule has 3 N–H and O–H groups in total. The number of hydrogen-bond acceptors (Lipinski definition) is 4. The van der Waals surface area contributed by atoms with Crippen molar-refractivity contribution < 1.29 is 14.6 Å². The Morgan fingerprint density at radius 3 is 2.92 bits per heavy atom. The molecule has 0 bridgehead atoms. The van der Waals surface area contributed by atoms with Gasteiger partial charge in [-0.2, -0.15) is 0 Å². The van der Waals surface area contributed by atoms with E-state index >= 15 is 0 Å². The van der Waals surface area contributed by atoms with Gasteiger partial charge in [0.05, 0.1) is 12.3 Å². The van der Waals surface area contributed by atoms with E-state index in [1.165, 1.54) is 12.1 Å². The van der Waals surface area contributed by atoms with Crippen molar-refractivity contribution in [2.24, 2.45) is 5.73 Å². The maximum absolute atomic E-state index is 10.3. The molecule has 1 aromatic heterocycles. The van der Waals surface area contributed by atoms with Gasteiger partial charge in [0.2, 0.25) is 5.88 Å². The molecule has 1 aromatic rings. The van der Waals surface area contributed by atoms with Gasteiger partial charge in [-0.3, -0.25) is 0 Å². The third-order valence-corrected chi connectivity index (χ3v) is 1.41. The van der Waals surface area contributed by atoms with Crippen molar-refractivity contribution in [2.75, 3.05) is 0 Å². The monoisotopic (exact) mass is 202 g/mol. The highest BCUT2D eigenvalue weighted by molar-refractivity contribution is 6.30. The average molecular weight is 203 g/mol. The Kier molecular flexibility index (Phi) is 3.05. The summed E-state index contributed by atoms with van der Waals surface area (Å²) in [6.07, 6.45) is -0.973. The summed E-state index contributed by atoms with van der Waals surface area (Å²) in [4.78, 5) is 14.1. The summed E-state index contributed by atoms with van der Waals surface area (Å²) >= 11 is 5.63. The van der Waals surface area contributed by atoms with Gasteiger partial charge in [0.1, 0.15) is 0 Å². The van der Waals surface area contributed by atoms with Crippen LogP contribution in [0.15, 0.2) is 12.1 Å². The lowest BCUT2D eigenvalue weighted by atomic mass is 10.3. The SMILES string of the molecule is NC(=O)Oc1cc(Cl)cc(CO)n1. The van der Waals surface area contributed by atoms with Crippen LogP contribution in [0, 0.1) is 0 Å². The van der Waals surface area contributed by atoms with Crippen LogP contribution in [0.25, 0.3) is 0 Å². The van der Waals surface area contributed by atoms with Gasteiger partial charge in [0.25, 0.3) is 0 Å². The molecule has 0 unspecified atom stereocenters. The molecule has 0 saturated heterocycles. The van der Waals surface area contributed by atoms with Crippen LogP contribution in [-0.2, 0) is 6.61 Å². The number of hydrogen-bond donors (Lipinski definition) is 2. The molecule has 70 valence electrons. The summed E-state index contributed by atoms with van der Waals surface area (Å²) in [5, 5.41) is 9.04. The number of primary amides is 1. The Morgan fingerprint density at radius 2 is 2.38 bits per heavy atom. The van der Waals surface area contributed by atoms with Gasteiger partial charge in [-0.05, 0) is 6.07 Å². The normalized spacial score (nSPS) is 9.69. The largest absolute Gasteiger partial charge is 0.411 e. The first-order valence-corrected chi connectivity index (χ1v) is 3.74. The van der Waals surface area contributed by atoms with E-state index in [0.717, 1.165) is 0 Å². The Balaban J connectivity index is 2.94. The van der Waals surface area contributed by atoms with Crippen molar-refractivity contribution in [3.63, 3.8) is 0 Å². The minimum Gasteiger partial charge on any atom is -0.391 e. The molecule has 0 aliphatic heterocycles. The molecular weight excluding hydrogens is 196 g/mol. The molecule has 0 aromatic carbocycles. The fourth-order valence-electron chi connectivity index (χ4n) is 0.761. The third-order valence-electron chi connectivity index (χ3n) is 1.19. The Hall–Kier alpha value is -1.33. The zero-order chi connectivity index (χ0) is 9.84. The number of ether oxygens (including phenoxy) is 1. The molecule has 5 nitrogen and oxygen atoms in total. The van der Waals surface area contributed by atoms with E-state index in [1.807, 2.05) is 0 Å². The highest BCUT2D eigenvalue weighted by Gasteiger charge is 2.04. The van der Waals surface area contributed by atoms with Crippen molar-refractivity contribution in [1.29, 1.82) is 0 Å². The molecule has 0 atom stereocenters.